The van der Waals surface area contributed by atoms with E-state index in [2.05, 4.69) is 0 Å². The van der Waals surface area contributed by atoms with Crippen molar-refractivity contribution in [2.75, 3.05) is 5.73 Å². The summed E-state index contributed by atoms with van der Waals surface area (Å²) in [6, 6.07) is 2.57. The summed E-state index contributed by atoms with van der Waals surface area (Å²) in [6.45, 7) is 3.87. The maximum Gasteiger partial charge on any atom is 0.149 e. The molecule has 1 aromatic rings. The lowest BCUT2D eigenvalue weighted by molar-refractivity contribution is 0.217. The van der Waals surface area contributed by atoms with E-state index in [4.69, 9.17) is 22.1 Å². The summed E-state index contributed by atoms with van der Waals surface area (Å²) in [5.41, 5.74) is 5.37. The van der Waals surface area contributed by atoms with Gasteiger partial charge in [0.05, 0.1) is 16.8 Å². The maximum atomic E-state index is 13.0. The van der Waals surface area contributed by atoms with Crippen molar-refractivity contribution in [3.8, 4) is 5.75 Å². The van der Waals surface area contributed by atoms with Gasteiger partial charge in [-0.05, 0) is 19.4 Å². The van der Waals surface area contributed by atoms with Crippen LogP contribution in [-0.2, 0) is 0 Å². The lowest BCUT2D eigenvalue weighted by atomic mass is 10.2. The van der Waals surface area contributed by atoms with Gasteiger partial charge in [-0.2, -0.15) is 0 Å². The summed E-state index contributed by atoms with van der Waals surface area (Å²) in [4.78, 5) is 0. The zero-order valence-electron chi connectivity index (χ0n) is 8.18. The van der Waals surface area contributed by atoms with Crippen LogP contribution in [0.4, 0.5) is 10.1 Å². The summed E-state index contributed by atoms with van der Waals surface area (Å²) in [5, 5.41) is 0.337. The van der Waals surface area contributed by atoms with Gasteiger partial charge in [-0.25, -0.2) is 4.39 Å². The summed E-state index contributed by atoms with van der Waals surface area (Å²) < 4.78 is 18.5. The highest BCUT2D eigenvalue weighted by Crippen LogP contribution is 2.29. The predicted molar refractivity (Wildman–Crippen MR) is 56.2 cm³/mol. The van der Waals surface area contributed by atoms with Gasteiger partial charge in [0.15, 0.2) is 0 Å². The lowest BCUT2D eigenvalue weighted by Crippen LogP contribution is -2.10. The number of nitrogen functional groups attached to an aromatic ring is 1. The largest absolute Gasteiger partial charge is 0.489 e. The van der Waals surface area contributed by atoms with Crippen molar-refractivity contribution in [1.82, 2.24) is 0 Å². The van der Waals surface area contributed by atoms with Gasteiger partial charge < -0.3 is 10.5 Å². The normalized spacial score (nSPS) is 12.6. The van der Waals surface area contributed by atoms with E-state index in [1.54, 1.807) is 0 Å². The summed E-state index contributed by atoms with van der Waals surface area (Å²) >= 11 is 5.83. The molecule has 1 atom stereocenters. The molecule has 0 bridgehead atoms. The Morgan fingerprint density at radius 1 is 1.57 bits per heavy atom. The smallest absolute Gasteiger partial charge is 0.149 e. The molecule has 0 amide bonds. The van der Waals surface area contributed by atoms with Crippen LogP contribution in [0.2, 0.25) is 5.02 Å². The number of hydrogen-bond donors (Lipinski definition) is 1. The molecule has 2 nitrogen and oxygen atoms in total. The van der Waals surface area contributed by atoms with E-state index in [-0.39, 0.29) is 11.8 Å². The molecule has 0 radical (unpaired) electrons. The highest BCUT2D eigenvalue weighted by molar-refractivity contribution is 6.32. The van der Waals surface area contributed by atoms with Crippen molar-refractivity contribution in [3.05, 3.63) is 23.0 Å². The third-order valence-electron chi connectivity index (χ3n) is 1.95. The summed E-state index contributed by atoms with van der Waals surface area (Å²) in [5.74, 6) is -0.166. The van der Waals surface area contributed by atoms with Crippen molar-refractivity contribution in [1.29, 1.82) is 0 Å². The monoisotopic (exact) mass is 217 g/mol. The van der Waals surface area contributed by atoms with Gasteiger partial charge in [0.2, 0.25) is 0 Å². The molecule has 0 aliphatic carbocycles. The molecule has 0 fully saturated rings. The molecule has 14 heavy (non-hydrogen) atoms. The molecule has 0 heterocycles. The molecule has 78 valence electrons. The Morgan fingerprint density at radius 2 is 2.21 bits per heavy atom. The third-order valence-corrected chi connectivity index (χ3v) is 2.25. The van der Waals surface area contributed by atoms with Gasteiger partial charge in [-0.3, -0.25) is 0 Å². The van der Waals surface area contributed by atoms with Crippen molar-refractivity contribution in [2.24, 2.45) is 0 Å². The topological polar surface area (TPSA) is 35.2 Å². The van der Waals surface area contributed by atoms with Crippen molar-refractivity contribution >= 4 is 17.3 Å². The van der Waals surface area contributed by atoms with E-state index >= 15 is 0 Å². The second-order valence-electron chi connectivity index (χ2n) is 3.14. The Bertz CT molecular complexity index is 330. The molecular formula is C10H13ClFNO. The standard InChI is InChI=1S/C10H13ClFNO/c1-3-6(2)14-10-5-8(12)9(13)4-7(10)11/h4-6H,3,13H2,1-2H3. The van der Waals surface area contributed by atoms with Gasteiger partial charge in [0, 0.05) is 6.07 Å². The fourth-order valence-corrected chi connectivity index (χ4v) is 1.15. The number of hydrogen-bond acceptors (Lipinski definition) is 2. The van der Waals surface area contributed by atoms with E-state index in [9.17, 15) is 4.39 Å². The van der Waals surface area contributed by atoms with Crippen LogP contribution in [0.5, 0.6) is 5.75 Å². The SMILES string of the molecule is CCC(C)Oc1cc(F)c(N)cc1Cl. The van der Waals surface area contributed by atoms with Gasteiger partial charge in [-0.15, -0.1) is 0 Å². The number of anilines is 1. The molecule has 0 aromatic heterocycles. The van der Waals surface area contributed by atoms with E-state index < -0.39 is 5.82 Å². The number of ether oxygens (including phenoxy) is 1. The first kappa shape index (κ1) is 11.1. The lowest BCUT2D eigenvalue weighted by Gasteiger charge is -2.14. The fourth-order valence-electron chi connectivity index (χ4n) is 0.934. The first-order valence-electron chi connectivity index (χ1n) is 4.45. The van der Waals surface area contributed by atoms with E-state index in [0.717, 1.165) is 6.42 Å². The van der Waals surface area contributed by atoms with E-state index in [1.165, 1.54) is 12.1 Å². The number of rotatable bonds is 3. The number of benzene rings is 1. The Morgan fingerprint density at radius 3 is 2.79 bits per heavy atom. The zero-order valence-corrected chi connectivity index (χ0v) is 8.94. The minimum Gasteiger partial charge on any atom is -0.489 e. The molecule has 4 heteroatoms. The Kier molecular flexibility index (Phi) is 3.58. The van der Waals surface area contributed by atoms with Crippen LogP contribution in [0.25, 0.3) is 0 Å². The highest BCUT2D eigenvalue weighted by Gasteiger charge is 2.09. The van der Waals surface area contributed by atoms with Gasteiger partial charge in [-0.1, -0.05) is 18.5 Å². The van der Waals surface area contributed by atoms with Crippen LogP contribution < -0.4 is 10.5 Å². The predicted octanol–water partition coefficient (Wildman–Crippen LogP) is 3.24. The van der Waals surface area contributed by atoms with Crippen molar-refractivity contribution in [3.63, 3.8) is 0 Å². The average molecular weight is 218 g/mol. The summed E-state index contributed by atoms with van der Waals surface area (Å²) in [6.07, 6.45) is 0.845. The van der Waals surface area contributed by atoms with Crippen molar-refractivity contribution < 1.29 is 9.13 Å². The van der Waals surface area contributed by atoms with E-state index in [1.807, 2.05) is 13.8 Å². The van der Waals surface area contributed by atoms with Crippen LogP contribution in [0.3, 0.4) is 0 Å². The molecule has 1 rings (SSSR count). The Hall–Kier alpha value is -0.960. The van der Waals surface area contributed by atoms with Crippen LogP contribution in [0, 0.1) is 5.82 Å². The molecular weight excluding hydrogens is 205 g/mol. The van der Waals surface area contributed by atoms with E-state index in [0.29, 0.717) is 10.8 Å². The minimum absolute atomic E-state index is 0.00974. The maximum absolute atomic E-state index is 13.0. The Balaban J connectivity index is 2.92. The molecule has 0 aliphatic heterocycles. The molecule has 1 aromatic carbocycles. The Labute approximate surface area is 87.8 Å². The first-order chi connectivity index (χ1) is 6.54. The molecule has 0 aliphatic rings. The first-order valence-corrected chi connectivity index (χ1v) is 4.83. The third kappa shape index (κ3) is 2.51. The molecule has 0 spiro atoms. The number of nitrogens with two attached hydrogens (primary N) is 1. The van der Waals surface area contributed by atoms with Crippen LogP contribution in [0.1, 0.15) is 20.3 Å². The van der Waals surface area contributed by atoms with Crippen LogP contribution in [0.15, 0.2) is 12.1 Å². The fraction of sp³-hybridized carbons (Fsp3) is 0.400. The minimum atomic E-state index is -0.507. The molecule has 1 unspecified atom stereocenters. The van der Waals surface area contributed by atoms with Crippen LogP contribution in [-0.4, -0.2) is 6.10 Å². The molecule has 2 N–H and O–H groups in total. The summed E-state index contributed by atoms with van der Waals surface area (Å²) in [7, 11) is 0. The second kappa shape index (κ2) is 4.51. The quantitative estimate of drug-likeness (QED) is 0.789. The average Bonchev–Trinajstić information content (AvgIpc) is 2.14. The van der Waals surface area contributed by atoms with Crippen molar-refractivity contribution in [2.45, 2.75) is 26.4 Å². The molecule has 0 saturated heterocycles. The van der Waals surface area contributed by atoms with Gasteiger partial charge >= 0.3 is 0 Å². The van der Waals surface area contributed by atoms with Gasteiger partial charge in [0.1, 0.15) is 11.6 Å². The highest BCUT2D eigenvalue weighted by atomic mass is 35.5. The van der Waals surface area contributed by atoms with Gasteiger partial charge in [0.25, 0.3) is 0 Å². The zero-order chi connectivity index (χ0) is 10.7. The second-order valence-corrected chi connectivity index (χ2v) is 3.55. The number of halogens is 2. The van der Waals surface area contributed by atoms with Crippen LogP contribution >= 0.6 is 11.6 Å². The molecule has 0 saturated carbocycles.